The lowest BCUT2D eigenvalue weighted by Crippen LogP contribution is -1.96. The van der Waals surface area contributed by atoms with Crippen molar-refractivity contribution in [2.75, 3.05) is 0 Å². The first kappa shape index (κ1) is 16.2. The maximum Gasteiger partial charge on any atom is 0.131 e. The molecular formula is C19H23F. The minimum atomic E-state index is -0.174. The van der Waals surface area contributed by atoms with Crippen LogP contribution in [0.15, 0.2) is 60.7 Å². The largest absolute Gasteiger partial charge is 0.206 e. The molecular weight excluding hydrogens is 247 g/mol. The lowest BCUT2D eigenvalue weighted by atomic mass is 9.93. The van der Waals surface area contributed by atoms with Crippen LogP contribution < -0.4 is 0 Å². The molecule has 2 aromatic carbocycles. The first-order chi connectivity index (χ1) is 9.59. The zero-order chi connectivity index (χ0) is 15.1. The average molecular weight is 270 g/mol. The summed E-state index contributed by atoms with van der Waals surface area (Å²) in [4.78, 5) is 0. The topological polar surface area (TPSA) is 0 Å². The molecule has 0 aromatic heterocycles. The van der Waals surface area contributed by atoms with Crippen LogP contribution in [-0.2, 0) is 0 Å². The van der Waals surface area contributed by atoms with Gasteiger partial charge in [0.25, 0.3) is 0 Å². The predicted molar refractivity (Wildman–Crippen MR) is 86.4 cm³/mol. The molecule has 0 aliphatic carbocycles. The van der Waals surface area contributed by atoms with Crippen LogP contribution in [0.25, 0.3) is 11.1 Å². The number of hydrogen-bond donors (Lipinski definition) is 0. The normalized spacial score (nSPS) is 11.2. The first-order valence-corrected chi connectivity index (χ1v) is 7.10. The van der Waals surface area contributed by atoms with Crippen molar-refractivity contribution >= 4 is 0 Å². The number of halogens is 1. The van der Waals surface area contributed by atoms with Crippen LogP contribution in [0.1, 0.15) is 39.2 Å². The highest BCUT2D eigenvalue weighted by Crippen LogP contribution is 2.28. The van der Waals surface area contributed by atoms with Gasteiger partial charge in [-0.15, -0.1) is 0 Å². The summed E-state index contributed by atoms with van der Waals surface area (Å²) in [5, 5.41) is 0. The van der Waals surface area contributed by atoms with Crippen LogP contribution in [-0.4, -0.2) is 0 Å². The fourth-order valence-electron chi connectivity index (χ4n) is 1.94. The Balaban J connectivity index is 0.000000956. The van der Waals surface area contributed by atoms with Crippen LogP contribution in [0.4, 0.5) is 4.39 Å². The van der Waals surface area contributed by atoms with Gasteiger partial charge < -0.3 is 0 Å². The van der Waals surface area contributed by atoms with Crippen molar-refractivity contribution in [1.29, 1.82) is 0 Å². The average Bonchev–Trinajstić information content (AvgIpc) is 2.49. The quantitative estimate of drug-likeness (QED) is 0.582. The van der Waals surface area contributed by atoms with Gasteiger partial charge in [-0.2, -0.15) is 0 Å². The Morgan fingerprint density at radius 3 is 2.15 bits per heavy atom. The predicted octanol–water partition coefficient (Wildman–Crippen LogP) is 6.20. The molecule has 0 spiro atoms. The molecule has 0 saturated carbocycles. The maximum absolute atomic E-state index is 14.1. The maximum atomic E-state index is 14.1. The van der Waals surface area contributed by atoms with Gasteiger partial charge in [0, 0.05) is 11.5 Å². The molecule has 0 N–H and O–H groups in total. The molecule has 20 heavy (non-hydrogen) atoms. The van der Waals surface area contributed by atoms with Gasteiger partial charge in [0.05, 0.1) is 0 Å². The molecule has 0 aliphatic heterocycles. The lowest BCUT2D eigenvalue weighted by Gasteiger charge is -2.13. The molecule has 0 heterocycles. The third kappa shape index (κ3) is 3.80. The van der Waals surface area contributed by atoms with E-state index in [4.69, 9.17) is 0 Å². The summed E-state index contributed by atoms with van der Waals surface area (Å²) < 4.78 is 14.1. The molecule has 0 bridgehead atoms. The van der Waals surface area contributed by atoms with Crippen LogP contribution in [0.5, 0.6) is 0 Å². The van der Waals surface area contributed by atoms with E-state index in [9.17, 15) is 4.39 Å². The van der Waals surface area contributed by atoms with Gasteiger partial charge in [-0.05, 0) is 24.1 Å². The highest BCUT2D eigenvalue weighted by Gasteiger charge is 2.10. The van der Waals surface area contributed by atoms with E-state index in [1.54, 1.807) is 6.07 Å². The number of rotatable bonds is 3. The van der Waals surface area contributed by atoms with Gasteiger partial charge in [-0.3, -0.25) is 0 Å². The summed E-state index contributed by atoms with van der Waals surface area (Å²) >= 11 is 0. The van der Waals surface area contributed by atoms with Gasteiger partial charge >= 0.3 is 0 Å². The van der Waals surface area contributed by atoms with E-state index in [-0.39, 0.29) is 11.7 Å². The summed E-state index contributed by atoms with van der Waals surface area (Å²) in [5.74, 6) is 0.0103. The molecule has 1 atom stereocenters. The van der Waals surface area contributed by atoms with E-state index in [0.29, 0.717) is 5.56 Å². The van der Waals surface area contributed by atoms with E-state index in [0.717, 1.165) is 16.7 Å². The van der Waals surface area contributed by atoms with Crippen LogP contribution in [0.2, 0.25) is 0 Å². The SMILES string of the molecule is C=C(C)C(C)c1ccc(-c2ccccc2)c(F)c1.CC. The van der Waals surface area contributed by atoms with Crippen molar-refractivity contribution in [3.63, 3.8) is 0 Å². The number of allylic oxidation sites excluding steroid dienone is 1. The van der Waals surface area contributed by atoms with Gasteiger partial charge in [-0.25, -0.2) is 4.39 Å². The van der Waals surface area contributed by atoms with E-state index < -0.39 is 0 Å². The van der Waals surface area contributed by atoms with Gasteiger partial charge in [0.15, 0.2) is 0 Å². The molecule has 2 rings (SSSR count). The van der Waals surface area contributed by atoms with Gasteiger partial charge in [0.1, 0.15) is 5.82 Å². The molecule has 0 saturated heterocycles. The molecule has 1 unspecified atom stereocenters. The van der Waals surface area contributed by atoms with Crippen LogP contribution >= 0.6 is 0 Å². The molecule has 106 valence electrons. The Labute approximate surface area is 122 Å². The Morgan fingerprint density at radius 2 is 1.65 bits per heavy atom. The highest BCUT2D eigenvalue weighted by molar-refractivity contribution is 5.64. The van der Waals surface area contributed by atoms with Crippen molar-refractivity contribution in [3.8, 4) is 11.1 Å². The molecule has 0 nitrogen and oxygen atoms in total. The van der Waals surface area contributed by atoms with Crippen molar-refractivity contribution in [3.05, 3.63) is 72.1 Å². The fraction of sp³-hybridized carbons (Fsp3) is 0.263. The standard InChI is InChI=1S/C17H17F.C2H6/c1-12(2)13(3)15-9-10-16(17(18)11-15)14-7-5-4-6-8-14;1-2/h4-11,13H,1H2,2-3H3;1-2H3. The Kier molecular flexibility index (Phi) is 6.17. The zero-order valence-corrected chi connectivity index (χ0v) is 12.8. The third-order valence-electron chi connectivity index (χ3n) is 3.32. The molecule has 2 aromatic rings. The van der Waals surface area contributed by atoms with Gasteiger partial charge in [-0.1, -0.05) is 75.4 Å². The Morgan fingerprint density at radius 1 is 1.05 bits per heavy atom. The van der Waals surface area contributed by atoms with Crippen molar-refractivity contribution in [2.45, 2.75) is 33.6 Å². The minimum Gasteiger partial charge on any atom is -0.206 e. The first-order valence-electron chi connectivity index (χ1n) is 7.10. The highest BCUT2D eigenvalue weighted by atomic mass is 19.1. The molecule has 0 aliphatic rings. The lowest BCUT2D eigenvalue weighted by molar-refractivity contribution is 0.627. The molecule has 0 amide bonds. The summed E-state index contributed by atoms with van der Waals surface area (Å²) in [6.07, 6.45) is 0. The van der Waals surface area contributed by atoms with E-state index in [1.807, 2.05) is 70.2 Å². The van der Waals surface area contributed by atoms with Gasteiger partial charge in [0.2, 0.25) is 0 Å². The summed E-state index contributed by atoms with van der Waals surface area (Å²) in [7, 11) is 0. The smallest absolute Gasteiger partial charge is 0.131 e. The third-order valence-corrected chi connectivity index (χ3v) is 3.32. The summed E-state index contributed by atoms with van der Waals surface area (Å²) in [5.41, 5.74) is 3.57. The monoisotopic (exact) mass is 270 g/mol. The second-order valence-electron chi connectivity index (χ2n) is 4.67. The fourth-order valence-corrected chi connectivity index (χ4v) is 1.94. The van der Waals surface area contributed by atoms with E-state index >= 15 is 0 Å². The molecule has 1 heteroatoms. The molecule has 0 radical (unpaired) electrons. The van der Waals surface area contributed by atoms with Crippen LogP contribution in [0.3, 0.4) is 0 Å². The number of hydrogen-bond acceptors (Lipinski definition) is 0. The summed E-state index contributed by atoms with van der Waals surface area (Å²) in [6.45, 7) is 11.9. The summed E-state index contributed by atoms with van der Waals surface area (Å²) in [6, 6.07) is 15.0. The van der Waals surface area contributed by atoms with Crippen molar-refractivity contribution in [1.82, 2.24) is 0 Å². The Hall–Kier alpha value is -1.89. The van der Waals surface area contributed by atoms with Crippen molar-refractivity contribution < 1.29 is 4.39 Å². The number of benzene rings is 2. The van der Waals surface area contributed by atoms with E-state index in [1.165, 1.54) is 0 Å². The van der Waals surface area contributed by atoms with E-state index in [2.05, 4.69) is 6.58 Å². The Bertz CT molecular complexity index is 555. The minimum absolute atomic E-state index is 0.174. The second-order valence-corrected chi connectivity index (χ2v) is 4.67. The zero-order valence-electron chi connectivity index (χ0n) is 12.8. The van der Waals surface area contributed by atoms with Crippen molar-refractivity contribution in [2.24, 2.45) is 0 Å². The second kappa shape index (κ2) is 7.64. The molecule has 0 fully saturated rings. The van der Waals surface area contributed by atoms with Crippen LogP contribution in [0, 0.1) is 5.82 Å².